The fraction of sp³-hybridized carbons (Fsp3) is 0.476. The molecule has 4 rings (SSSR count). The predicted octanol–water partition coefficient (Wildman–Crippen LogP) is 3.91. The molecular weight excluding hydrogens is 420 g/mol. The normalized spacial score (nSPS) is 18.2. The molecule has 0 atom stereocenters. The molecule has 0 spiro atoms. The summed E-state index contributed by atoms with van der Waals surface area (Å²) in [6.45, 7) is 2.83. The van der Waals surface area contributed by atoms with E-state index in [2.05, 4.69) is 31.0 Å². The summed E-state index contributed by atoms with van der Waals surface area (Å²) < 4.78 is 6.79. The standard InChI is InChI=1S/C21H25BrN4O2/c22-18-9-5-4-8-17(18)21(27)26-14-12-25(13-15-26)19-10-11-20(24-23-19)28-16-6-2-1-3-7-16/h4-5,8-11,16H,1-3,6-7,12-15H2. The van der Waals surface area contributed by atoms with E-state index >= 15 is 0 Å². The maximum absolute atomic E-state index is 12.7. The summed E-state index contributed by atoms with van der Waals surface area (Å²) in [6.07, 6.45) is 6.27. The van der Waals surface area contributed by atoms with Crippen LogP contribution in [0.5, 0.6) is 5.88 Å². The molecule has 1 aromatic carbocycles. The quantitative estimate of drug-likeness (QED) is 0.714. The Morgan fingerprint density at radius 1 is 0.964 bits per heavy atom. The fourth-order valence-corrected chi connectivity index (χ4v) is 4.30. The van der Waals surface area contributed by atoms with Crippen LogP contribution in [0.15, 0.2) is 40.9 Å². The number of hydrogen-bond donors (Lipinski definition) is 0. The lowest BCUT2D eigenvalue weighted by Crippen LogP contribution is -2.49. The van der Waals surface area contributed by atoms with Crippen LogP contribution >= 0.6 is 15.9 Å². The van der Waals surface area contributed by atoms with Gasteiger partial charge in [0.05, 0.1) is 5.56 Å². The van der Waals surface area contributed by atoms with Gasteiger partial charge in [-0.1, -0.05) is 18.6 Å². The Balaban J connectivity index is 1.32. The molecule has 1 aromatic heterocycles. The molecule has 0 unspecified atom stereocenters. The first-order valence-electron chi connectivity index (χ1n) is 10.00. The number of rotatable bonds is 4. The van der Waals surface area contributed by atoms with E-state index in [0.29, 0.717) is 24.5 Å². The number of halogens is 1. The lowest BCUT2D eigenvalue weighted by Gasteiger charge is -2.35. The van der Waals surface area contributed by atoms with Crippen molar-refractivity contribution in [2.75, 3.05) is 31.1 Å². The van der Waals surface area contributed by atoms with E-state index in [4.69, 9.17) is 4.74 Å². The Labute approximate surface area is 174 Å². The molecule has 0 radical (unpaired) electrons. The van der Waals surface area contributed by atoms with E-state index in [9.17, 15) is 4.79 Å². The third kappa shape index (κ3) is 4.46. The van der Waals surface area contributed by atoms with Crippen molar-refractivity contribution in [1.29, 1.82) is 0 Å². The Morgan fingerprint density at radius 3 is 2.39 bits per heavy atom. The van der Waals surface area contributed by atoms with E-state index in [1.165, 1.54) is 19.3 Å². The first-order chi connectivity index (χ1) is 13.7. The smallest absolute Gasteiger partial charge is 0.255 e. The molecule has 2 aliphatic rings. The van der Waals surface area contributed by atoms with Crippen LogP contribution in [0.2, 0.25) is 0 Å². The summed E-state index contributed by atoms with van der Waals surface area (Å²) in [4.78, 5) is 16.8. The molecule has 1 aliphatic heterocycles. The van der Waals surface area contributed by atoms with Gasteiger partial charge in [-0.2, -0.15) is 0 Å². The van der Waals surface area contributed by atoms with Crippen LogP contribution in [0.1, 0.15) is 42.5 Å². The summed E-state index contributed by atoms with van der Waals surface area (Å²) in [7, 11) is 0. The SMILES string of the molecule is O=C(c1ccccc1Br)N1CCN(c2ccc(OC3CCCCC3)nn2)CC1. The Kier molecular flexibility index (Phi) is 6.10. The van der Waals surface area contributed by atoms with Crippen LogP contribution < -0.4 is 9.64 Å². The maximum atomic E-state index is 12.7. The number of piperazine rings is 1. The molecular formula is C21H25BrN4O2. The highest BCUT2D eigenvalue weighted by atomic mass is 79.9. The number of anilines is 1. The van der Waals surface area contributed by atoms with Crippen molar-refractivity contribution in [3.63, 3.8) is 0 Å². The van der Waals surface area contributed by atoms with E-state index in [1.54, 1.807) is 0 Å². The van der Waals surface area contributed by atoms with Gasteiger partial charge in [0.25, 0.3) is 5.91 Å². The third-order valence-electron chi connectivity index (χ3n) is 5.46. The summed E-state index contributed by atoms with van der Waals surface area (Å²) in [5, 5.41) is 8.61. The van der Waals surface area contributed by atoms with Crippen molar-refractivity contribution in [1.82, 2.24) is 15.1 Å². The fourth-order valence-electron chi connectivity index (χ4n) is 3.84. The summed E-state index contributed by atoms with van der Waals surface area (Å²) in [6, 6.07) is 11.4. The average Bonchev–Trinajstić information content (AvgIpc) is 2.75. The molecule has 2 heterocycles. The highest BCUT2D eigenvalue weighted by molar-refractivity contribution is 9.10. The number of benzene rings is 1. The predicted molar refractivity (Wildman–Crippen MR) is 112 cm³/mol. The minimum atomic E-state index is 0.0643. The highest BCUT2D eigenvalue weighted by Crippen LogP contribution is 2.23. The van der Waals surface area contributed by atoms with Crippen LogP contribution in [0, 0.1) is 0 Å². The summed E-state index contributed by atoms with van der Waals surface area (Å²) in [5.41, 5.74) is 0.708. The van der Waals surface area contributed by atoms with Gasteiger partial charge in [0.2, 0.25) is 5.88 Å². The van der Waals surface area contributed by atoms with E-state index < -0.39 is 0 Å². The monoisotopic (exact) mass is 444 g/mol. The lowest BCUT2D eigenvalue weighted by molar-refractivity contribution is 0.0745. The van der Waals surface area contributed by atoms with Gasteiger partial charge in [0.1, 0.15) is 6.10 Å². The van der Waals surface area contributed by atoms with Gasteiger partial charge in [0, 0.05) is 36.7 Å². The van der Waals surface area contributed by atoms with Crippen molar-refractivity contribution in [2.45, 2.75) is 38.2 Å². The van der Waals surface area contributed by atoms with Gasteiger partial charge in [-0.05, 0) is 59.8 Å². The molecule has 1 saturated carbocycles. The van der Waals surface area contributed by atoms with Crippen LogP contribution in [-0.2, 0) is 0 Å². The van der Waals surface area contributed by atoms with Crippen molar-refractivity contribution in [3.8, 4) is 5.88 Å². The molecule has 0 bridgehead atoms. The van der Waals surface area contributed by atoms with Crippen LogP contribution in [0.4, 0.5) is 5.82 Å². The first kappa shape index (κ1) is 19.2. The lowest BCUT2D eigenvalue weighted by atomic mass is 9.98. The molecule has 28 heavy (non-hydrogen) atoms. The largest absolute Gasteiger partial charge is 0.473 e. The zero-order chi connectivity index (χ0) is 19.3. The number of aromatic nitrogens is 2. The van der Waals surface area contributed by atoms with Crippen molar-refractivity contribution in [3.05, 3.63) is 46.4 Å². The highest BCUT2D eigenvalue weighted by Gasteiger charge is 2.24. The first-order valence-corrected chi connectivity index (χ1v) is 10.8. The second-order valence-electron chi connectivity index (χ2n) is 7.37. The Hall–Kier alpha value is -2.15. The second kappa shape index (κ2) is 8.90. The number of carbonyl (C=O) groups excluding carboxylic acids is 1. The minimum Gasteiger partial charge on any atom is -0.473 e. The third-order valence-corrected chi connectivity index (χ3v) is 6.15. The van der Waals surface area contributed by atoms with Crippen molar-refractivity contribution >= 4 is 27.7 Å². The second-order valence-corrected chi connectivity index (χ2v) is 8.22. The zero-order valence-electron chi connectivity index (χ0n) is 15.9. The van der Waals surface area contributed by atoms with Crippen LogP contribution in [0.25, 0.3) is 0 Å². The summed E-state index contributed by atoms with van der Waals surface area (Å²) >= 11 is 3.47. The maximum Gasteiger partial charge on any atom is 0.255 e. The van der Waals surface area contributed by atoms with Gasteiger partial charge < -0.3 is 14.5 Å². The molecule has 2 aromatic rings. The molecule has 2 fully saturated rings. The zero-order valence-corrected chi connectivity index (χ0v) is 17.5. The number of hydrogen-bond acceptors (Lipinski definition) is 5. The van der Waals surface area contributed by atoms with Gasteiger partial charge in [-0.3, -0.25) is 4.79 Å². The average molecular weight is 445 g/mol. The Bertz CT molecular complexity index is 800. The van der Waals surface area contributed by atoms with Crippen molar-refractivity contribution in [2.24, 2.45) is 0 Å². The van der Waals surface area contributed by atoms with Crippen LogP contribution in [-0.4, -0.2) is 53.3 Å². The van der Waals surface area contributed by atoms with E-state index in [0.717, 1.165) is 36.2 Å². The van der Waals surface area contributed by atoms with Gasteiger partial charge >= 0.3 is 0 Å². The van der Waals surface area contributed by atoms with Crippen LogP contribution in [0.3, 0.4) is 0 Å². The molecule has 7 heteroatoms. The Morgan fingerprint density at radius 2 is 1.71 bits per heavy atom. The number of ether oxygens (including phenoxy) is 1. The topological polar surface area (TPSA) is 58.6 Å². The molecule has 6 nitrogen and oxygen atoms in total. The molecule has 1 amide bonds. The van der Waals surface area contributed by atoms with E-state index in [1.807, 2.05) is 41.3 Å². The van der Waals surface area contributed by atoms with Gasteiger partial charge in [-0.25, -0.2) is 0 Å². The summed E-state index contributed by atoms with van der Waals surface area (Å²) in [5.74, 6) is 1.51. The number of amides is 1. The number of nitrogens with zero attached hydrogens (tertiary/aromatic N) is 4. The van der Waals surface area contributed by atoms with Gasteiger partial charge in [-0.15, -0.1) is 10.2 Å². The van der Waals surface area contributed by atoms with Gasteiger partial charge in [0.15, 0.2) is 5.82 Å². The molecule has 1 aliphatic carbocycles. The van der Waals surface area contributed by atoms with Crippen molar-refractivity contribution < 1.29 is 9.53 Å². The number of carbonyl (C=O) groups is 1. The molecule has 148 valence electrons. The minimum absolute atomic E-state index is 0.0643. The van der Waals surface area contributed by atoms with E-state index in [-0.39, 0.29) is 12.0 Å². The molecule has 0 N–H and O–H groups in total. The molecule has 1 saturated heterocycles.